The molecule has 7 heteroatoms. The summed E-state index contributed by atoms with van der Waals surface area (Å²) in [6, 6.07) is 8.78. The molecule has 0 aliphatic carbocycles. The number of hydrogen-bond acceptors (Lipinski definition) is 5. The third-order valence-electron chi connectivity index (χ3n) is 3.55. The van der Waals surface area contributed by atoms with Crippen LogP contribution in [-0.2, 0) is 4.79 Å². The van der Waals surface area contributed by atoms with Gasteiger partial charge in [-0.2, -0.15) is 0 Å². The molecule has 0 fully saturated rings. The van der Waals surface area contributed by atoms with Gasteiger partial charge in [0.15, 0.2) is 11.5 Å². The number of amides is 1. The van der Waals surface area contributed by atoms with E-state index >= 15 is 0 Å². The van der Waals surface area contributed by atoms with Crippen molar-refractivity contribution in [1.29, 1.82) is 0 Å². The van der Waals surface area contributed by atoms with Crippen molar-refractivity contribution in [3.8, 4) is 23.0 Å². The fraction of sp³-hybridized carbons (Fsp3) is 0.211. The fourth-order valence-corrected chi connectivity index (χ4v) is 2.91. The molecule has 138 valence electrons. The Bertz CT molecular complexity index is 820. The van der Waals surface area contributed by atoms with Crippen LogP contribution in [0.1, 0.15) is 5.56 Å². The molecular weight excluding hydrogens is 402 g/mol. The molecule has 0 radical (unpaired) electrons. The lowest BCUT2D eigenvalue weighted by Gasteiger charge is -2.11. The van der Waals surface area contributed by atoms with Crippen LogP contribution >= 0.6 is 15.9 Å². The summed E-state index contributed by atoms with van der Waals surface area (Å²) in [7, 11) is 6.21. The van der Waals surface area contributed by atoms with Crippen LogP contribution in [-0.4, -0.2) is 34.3 Å². The molecule has 2 rings (SSSR count). The Morgan fingerprint density at radius 3 is 2.31 bits per heavy atom. The van der Waals surface area contributed by atoms with Crippen molar-refractivity contribution in [2.45, 2.75) is 0 Å². The highest BCUT2D eigenvalue weighted by atomic mass is 79.9. The number of methoxy groups -OCH3 is 4. The number of benzene rings is 2. The van der Waals surface area contributed by atoms with Crippen molar-refractivity contribution in [3.63, 3.8) is 0 Å². The summed E-state index contributed by atoms with van der Waals surface area (Å²) in [5, 5.41) is 2.77. The molecule has 2 aromatic rings. The molecule has 0 bridgehead atoms. The Balaban J connectivity index is 2.19. The Morgan fingerprint density at radius 2 is 1.69 bits per heavy atom. The minimum atomic E-state index is -0.303. The zero-order valence-corrected chi connectivity index (χ0v) is 16.5. The van der Waals surface area contributed by atoms with Gasteiger partial charge in [-0.05, 0) is 51.8 Å². The molecule has 1 N–H and O–H groups in total. The zero-order chi connectivity index (χ0) is 19.1. The van der Waals surface area contributed by atoms with E-state index in [-0.39, 0.29) is 5.91 Å². The summed E-state index contributed by atoms with van der Waals surface area (Å²) in [6.45, 7) is 0. The summed E-state index contributed by atoms with van der Waals surface area (Å²) in [5.74, 6) is 2.02. The third kappa shape index (κ3) is 4.70. The van der Waals surface area contributed by atoms with E-state index in [4.69, 9.17) is 18.9 Å². The van der Waals surface area contributed by atoms with Gasteiger partial charge in [-0.25, -0.2) is 0 Å². The smallest absolute Gasteiger partial charge is 0.248 e. The monoisotopic (exact) mass is 421 g/mol. The maximum absolute atomic E-state index is 12.3. The topological polar surface area (TPSA) is 66.0 Å². The molecular formula is C19H20BrNO5. The molecule has 6 nitrogen and oxygen atoms in total. The molecule has 0 heterocycles. The molecule has 0 unspecified atom stereocenters. The van der Waals surface area contributed by atoms with E-state index in [9.17, 15) is 4.79 Å². The van der Waals surface area contributed by atoms with Crippen LogP contribution in [0.15, 0.2) is 40.9 Å². The number of carbonyl (C=O) groups is 1. The van der Waals surface area contributed by atoms with Crippen molar-refractivity contribution in [2.75, 3.05) is 33.8 Å². The second kappa shape index (κ2) is 9.15. The summed E-state index contributed by atoms with van der Waals surface area (Å²) in [5.41, 5.74) is 1.30. The van der Waals surface area contributed by atoms with E-state index in [0.29, 0.717) is 28.7 Å². The van der Waals surface area contributed by atoms with Crippen molar-refractivity contribution in [2.24, 2.45) is 0 Å². The van der Waals surface area contributed by atoms with Gasteiger partial charge in [0.05, 0.1) is 38.6 Å². The van der Waals surface area contributed by atoms with E-state index < -0.39 is 0 Å². The van der Waals surface area contributed by atoms with Gasteiger partial charge in [0.2, 0.25) is 5.91 Å². The molecule has 0 aromatic heterocycles. The lowest BCUT2D eigenvalue weighted by molar-refractivity contribution is -0.111. The molecule has 0 saturated heterocycles. The Morgan fingerprint density at radius 1 is 0.962 bits per heavy atom. The standard InChI is InChI=1S/C19H20BrNO5/c1-23-13-6-7-16(24-2)15(11-13)21-18(22)8-5-12-9-14(20)19(26-4)17(10-12)25-3/h5-11H,1-4H3,(H,21,22)/b8-5+. The Kier molecular flexibility index (Phi) is 6.91. The summed E-state index contributed by atoms with van der Waals surface area (Å²) in [4.78, 5) is 12.3. The molecule has 2 aromatic carbocycles. The van der Waals surface area contributed by atoms with Gasteiger partial charge in [-0.3, -0.25) is 4.79 Å². The third-order valence-corrected chi connectivity index (χ3v) is 4.14. The number of carbonyl (C=O) groups excluding carboxylic acids is 1. The Hall–Kier alpha value is -2.67. The van der Waals surface area contributed by atoms with Crippen LogP contribution < -0.4 is 24.3 Å². The number of nitrogens with one attached hydrogen (secondary N) is 1. The minimum Gasteiger partial charge on any atom is -0.497 e. The minimum absolute atomic E-state index is 0.303. The highest BCUT2D eigenvalue weighted by Crippen LogP contribution is 2.36. The van der Waals surface area contributed by atoms with Crippen LogP contribution in [0.3, 0.4) is 0 Å². The summed E-state index contributed by atoms with van der Waals surface area (Å²) in [6.07, 6.45) is 3.10. The normalized spacial score (nSPS) is 10.5. The zero-order valence-electron chi connectivity index (χ0n) is 15.0. The van der Waals surface area contributed by atoms with Crippen LogP contribution in [0.25, 0.3) is 6.08 Å². The van der Waals surface area contributed by atoms with Crippen molar-refractivity contribution < 1.29 is 23.7 Å². The molecule has 26 heavy (non-hydrogen) atoms. The van der Waals surface area contributed by atoms with Crippen molar-refractivity contribution in [3.05, 3.63) is 46.4 Å². The van der Waals surface area contributed by atoms with E-state index in [1.165, 1.54) is 13.2 Å². The lowest BCUT2D eigenvalue weighted by atomic mass is 10.2. The van der Waals surface area contributed by atoms with E-state index in [1.54, 1.807) is 51.7 Å². The van der Waals surface area contributed by atoms with E-state index in [2.05, 4.69) is 21.2 Å². The molecule has 0 saturated carbocycles. The van der Waals surface area contributed by atoms with Crippen LogP contribution in [0.5, 0.6) is 23.0 Å². The summed E-state index contributed by atoms with van der Waals surface area (Å²) >= 11 is 3.42. The van der Waals surface area contributed by atoms with Crippen LogP contribution in [0.4, 0.5) is 5.69 Å². The predicted octanol–water partition coefficient (Wildman–Crippen LogP) is 4.14. The molecule has 0 aliphatic heterocycles. The highest BCUT2D eigenvalue weighted by molar-refractivity contribution is 9.10. The molecule has 1 amide bonds. The average Bonchev–Trinajstić information content (AvgIpc) is 2.65. The predicted molar refractivity (Wildman–Crippen MR) is 104 cm³/mol. The maximum atomic E-state index is 12.3. The van der Waals surface area contributed by atoms with Gasteiger partial charge in [-0.1, -0.05) is 0 Å². The Labute approximate surface area is 160 Å². The number of anilines is 1. The van der Waals surface area contributed by atoms with E-state index in [0.717, 1.165) is 10.0 Å². The van der Waals surface area contributed by atoms with Crippen LogP contribution in [0.2, 0.25) is 0 Å². The first-order chi connectivity index (χ1) is 12.5. The number of hydrogen-bond donors (Lipinski definition) is 1. The molecule has 0 aliphatic rings. The first-order valence-electron chi connectivity index (χ1n) is 7.65. The largest absolute Gasteiger partial charge is 0.497 e. The van der Waals surface area contributed by atoms with Gasteiger partial charge in [0.25, 0.3) is 0 Å². The SMILES string of the molecule is COc1ccc(OC)c(NC(=O)/C=C/c2cc(Br)c(OC)c(OC)c2)c1. The number of ether oxygens (including phenoxy) is 4. The van der Waals surface area contributed by atoms with Crippen LogP contribution in [0, 0.1) is 0 Å². The fourth-order valence-electron chi connectivity index (χ4n) is 2.29. The first kappa shape index (κ1) is 19.7. The molecule has 0 atom stereocenters. The number of rotatable bonds is 7. The van der Waals surface area contributed by atoms with Gasteiger partial charge in [0, 0.05) is 12.1 Å². The average molecular weight is 422 g/mol. The van der Waals surface area contributed by atoms with Gasteiger partial charge in [0.1, 0.15) is 11.5 Å². The van der Waals surface area contributed by atoms with Crippen molar-refractivity contribution >= 4 is 33.6 Å². The van der Waals surface area contributed by atoms with Crippen molar-refractivity contribution in [1.82, 2.24) is 0 Å². The quantitative estimate of drug-likeness (QED) is 0.680. The van der Waals surface area contributed by atoms with Gasteiger partial charge >= 0.3 is 0 Å². The number of halogens is 1. The first-order valence-corrected chi connectivity index (χ1v) is 8.44. The van der Waals surface area contributed by atoms with Gasteiger partial charge in [-0.15, -0.1) is 0 Å². The lowest BCUT2D eigenvalue weighted by Crippen LogP contribution is -2.09. The second-order valence-electron chi connectivity index (χ2n) is 5.13. The molecule has 0 spiro atoms. The summed E-state index contributed by atoms with van der Waals surface area (Å²) < 4.78 is 21.7. The highest BCUT2D eigenvalue weighted by Gasteiger charge is 2.10. The van der Waals surface area contributed by atoms with Gasteiger partial charge < -0.3 is 24.3 Å². The van der Waals surface area contributed by atoms with E-state index in [1.807, 2.05) is 6.07 Å². The maximum Gasteiger partial charge on any atom is 0.248 e. The second-order valence-corrected chi connectivity index (χ2v) is 5.98.